The number of carbonyl (C=O) groups is 1. The first-order valence-corrected chi connectivity index (χ1v) is 12.3. The van der Waals surface area contributed by atoms with Crippen LogP contribution in [0.25, 0.3) is 32.5 Å². The lowest BCUT2D eigenvalue weighted by molar-refractivity contribution is 0.102. The van der Waals surface area contributed by atoms with Crippen LogP contribution in [0.2, 0.25) is 0 Å². The van der Waals surface area contributed by atoms with E-state index in [1.807, 2.05) is 91.9 Å². The molecule has 162 valence electrons. The quantitative estimate of drug-likeness (QED) is 0.173. The monoisotopic (exact) mass is 468 g/mol. The third-order valence-corrected chi connectivity index (χ3v) is 7.31. The molecule has 5 rings (SSSR count). The highest BCUT2D eigenvalue weighted by Gasteiger charge is 2.17. The maximum Gasteiger partial charge on any atom is 0.260 e. The van der Waals surface area contributed by atoms with Gasteiger partial charge >= 0.3 is 0 Å². The minimum absolute atomic E-state index is 0.00491. The molecule has 5 aromatic rings. The number of H-pyrrole nitrogens is 1. The van der Waals surface area contributed by atoms with E-state index in [4.69, 9.17) is 0 Å². The molecular formula is C27H20N2O2S2. The molecule has 0 aliphatic rings. The second kappa shape index (κ2) is 9.17. The van der Waals surface area contributed by atoms with Crippen molar-refractivity contribution in [3.8, 4) is 22.3 Å². The Bertz CT molecular complexity index is 1490. The van der Waals surface area contributed by atoms with Crippen LogP contribution in [-0.4, -0.2) is 21.5 Å². The molecule has 0 radical (unpaired) electrons. The van der Waals surface area contributed by atoms with Crippen LogP contribution in [0.5, 0.6) is 0 Å². The van der Waals surface area contributed by atoms with Gasteiger partial charge in [0.1, 0.15) is 4.83 Å². The number of thioether (sulfide) groups is 1. The molecule has 0 aliphatic carbocycles. The van der Waals surface area contributed by atoms with E-state index in [2.05, 4.69) is 9.97 Å². The number of aromatic nitrogens is 2. The van der Waals surface area contributed by atoms with Crippen molar-refractivity contribution in [2.75, 3.05) is 5.75 Å². The largest absolute Gasteiger partial charge is 0.301 e. The lowest BCUT2D eigenvalue weighted by Gasteiger charge is -2.05. The molecule has 0 atom stereocenters. The van der Waals surface area contributed by atoms with Gasteiger partial charge in [-0.25, -0.2) is 4.98 Å². The maximum atomic E-state index is 12.9. The molecule has 0 bridgehead atoms. The molecule has 0 aliphatic heterocycles. The normalized spacial score (nSPS) is 11.1. The van der Waals surface area contributed by atoms with Crippen LogP contribution in [0, 0.1) is 6.92 Å². The van der Waals surface area contributed by atoms with Crippen molar-refractivity contribution in [1.82, 2.24) is 9.97 Å². The van der Waals surface area contributed by atoms with Gasteiger partial charge in [0.2, 0.25) is 0 Å². The molecule has 33 heavy (non-hydrogen) atoms. The molecule has 0 unspecified atom stereocenters. The van der Waals surface area contributed by atoms with Crippen LogP contribution in [0.3, 0.4) is 0 Å². The van der Waals surface area contributed by atoms with E-state index < -0.39 is 0 Å². The molecule has 0 saturated carbocycles. The molecule has 2 aromatic heterocycles. The Morgan fingerprint density at radius 3 is 2.15 bits per heavy atom. The number of aromatic amines is 1. The molecule has 0 spiro atoms. The third kappa shape index (κ3) is 4.40. The topological polar surface area (TPSA) is 62.8 Å². The van der Waals surface area contributed by atoms with Crippen molar-refractivity contribution in [3.05, 3.63) is 106 Å². The number of Topliss-reactive ketones (excluding diaryl/α,β-unsaturated/α-hetero) is 1. The van der Waals surface area contributed by atoms with E-state index >= 15 is 0 Å². The van der Waals surface area contributed by atoms with E-state index in [1.54, 1.807) is 0 Å². The zero-order valence-electron chi connectivity index (χ0n) is 17.9. The molecule has 4 nitrogen and oxygen atoms in total. The fourth-order valence-corrected chi connectivity index (χ4v) is 5.68. The van der Waals surface area contributed by atoms with E-state index in [0.717, 1.165) is 27.1 Å². The Hall–Kier alpha value is -3.48. The number of hydrogen-bond donors (Lipinski definition) is 1. The average Bonchev–Trinajstić information content (AvgIpc) is 3.20. The Balaban J connectivity index is 1.35. The lowest BCUT2D eigenvalue weighted by Crippen LogP contribution is -2.10. The van der Waals surface area contributed by atoms with Crippen molar-refractivity contribution in [3.63, 3.8) is 0 Å². The summed E-state index contributed by atoms with van der Waals surface area (Å²) in [7, 11) is 0. The zero-order chi connectivity index (χ0) is 22.8. The molecule has 0 amide bonds. The summed E-state index contributed by atoms with van der Waals surface area (Å²) in [5.41, 5.74) is 4.58. The van der Waals surface area contributed by atoms with Gasteiger partial charge in [-0.05, 0) is 23.6 Å². The maximum absolute atomic E-state index is 12.9. The summed E-state index contributed by atoms with van der Waals surface area (Å²) in [5, 5.41) is 1.07. The Morgan fingerprint density at radius 1 is 0.879 bits per heavy atom. The van der Waals surface area contributed by atoms with Gasteiger partial charge in [-0.2, -0.15) is 0 Å². The number of nitrogens with zero attached hydrogens (tertiary/aromatic N) is 1. The number of rotatable bonds is 6. The summed E-state index contributed by atoms with van der Waals surface area (Å²) in [6.45, 7) is 2.00. The number of thiophene rings is 1. The summed E-state index contributed by atoms with van der Waals surface area (Å²) in [5.74, 6) is 0.198. The first-order valence-electron chi connectivity index (χ1n) is 10.5. The zero-order valence-corrected chi connectivity index (χ0v) is 19.5. The fourth-order valence-electron chi connectivity index (χ4n) is 3.82. The van der Waals surface area contributed by atoms with Crippen molar-refractivity contribution in [1.29, 1.82) is 0 Å². The standard InChI is InChI=1S/C27H20N2O2S2/c1-17-23(21-10-6-3-7-11-21)24-25(31)28-27(29-26(24)33-17)32-16-22(30)20-14-12-19(13-15-20)18-8-4-2-5-9-18/h2-15H,16H2,1H3,(H,28,29,31). The Kier molecular flexibility index (Phi) is 5.94. The second-order valence-electron chi connectivity index (χ2n) is 7.61. The number of hydrogen-bond acceptors (Lipinski definition) is 5. The van der Waals surface area contributed by atoms with Crippen LogP contribution in [0.1, 0.15) is 15.2 Å². The number of fused-ring (bicyclic) bond motifs is 1. The van der Waals surface area contributed by atoms with Gasteiger partial charge in [0.25, 0.3) is 5.56 Å². The van der Waals surface area contributed by atoms with Crippen molar-refractivity contribution in [2.24, 2.45) is 0 Å². The summed E-state index contributed by atoms with van der Waals surface area (Å²) >= 11 is 2.76. The smallest absolute Gasteiger partial charge is 0.260 e. The van der Waals surface area contributed by atoms with Gasteiger partial charge < -0.3 is 4.98 Å². The lowest BCUT2D eigenvalue weighted by atomic mass is 10.0. The van der Waals surface area contributed by atoms with Crippen LogP contribution in [0.4, 0.5) is 0 Å². The highest BCUT2D eigenvalue weighted by Crippen LogP contribution is 2.36. The summed E-state index contributed by atoms with van der Waals surface area (Å²) in [6, 6.07) is 27.5. The first kappa shape index (κ1) is 21.4. The molecule has 0 saturated heterocycles. The minimum Gasteiger partial charge on any atom is -0.301 e. The van der Waals surface area contributed by atoms with Gasteiger partial charge in [0.15, 0.2) is 10.9 Å². The fraction of sp³-hybridized carbons (Fsp3) is 0.0741. The van der Waals surface area contributed by atoms with E-state index in [1.165, 1.54) is 23.1 Å². The van der Waals surface area contributed by atoms with Gasteiger partial charge in [-0.3, -0.25) is 9.59 Å². The summed E-state index contributed by atoms with van der Waals surface area (Å²) in [4.78, 5) is 34.9. The number of ketones is 1. The minimum atomic E-state index is -0.176. The number of carbonyl (C=O) groups excluding carboxylic acids is 1. The van der Waals surface area contributed by atoms with Crippen LogP contribution >= 0.6 is 23.1 Å². The summed E-state index contributed by atoms with van der Waals surface area (Å²) in [6.07, 6.45) is 0. The third-order valence-electron chi connectivity index (χ3n) is 5.43. The van der Waals surface area contributed by atoms with Gasteiger partial charge in [-0.1, -0.05) is 96.7 Å². The Labute approximate surface area is 199 Å². The first-order chi connectivity index (χ1) is 16.1. The van der Waals surface area contributed by atoms with Crippen LogP contribution in [-0.2, 0) is 0 Å². The predicted octanol–water partition coefficient (Wildman–Crippen LogP) is 6.60. The number of nitrogens with one attached hydrogen (secondary N) is 1. The molecule has 1 N–H and O–H groups in total. The second-order valence-corrected chi connectivity index (χ2v) is 9.77. The van der Waals surface area contributed by atoms with Crippen LogP contribution in [0.15, 0.2) is 94.9 Å². The van der Waals surface area contributed by atoms with E-state index in [0.29, 0.717) is 20.9 Å². The molecule has 6 heteroatoms. The number of aryl methyl sites for hydroxylation is 1. The molecule has 0 fully saturated rings. The SMILES string of the molecule is Cc1sc2nc(SCC(=O)c3ccc(-c4ccccc4)cc3)[nH]c(=O)c2c1-c1ccccc1. The van der Waals surface area contributed by atoms with Crippen LogP contribution < -0.4 is 5.56 Å². The van der Waals surface area contributed by atoms with Crippen molar-refractivity contribution in [2.45, 2.75) is 12.1 Å². The highest BCUT2D eigenvalue weighted by molar-refractivity contribution is 7.99. The van der Waals surface area contributed by atoms with Gasteiger partial charge in [0.05, 0.1) is 11.1 Å². The highest BCUT2D eigenvalue weighted by atomic mass is 32.2. The average molecular weight is 469 g/mol. The summed E-state index contributed by atoms with van der Waals surface area (Å²) < 4.78 is 0. The van der Waals surface area contributed by atoms with Gasteiger partial charge in [-0.15, -0.1) is 11.3 Å². The molecular weight excluding hydrogens is 448 g/mol. The van der Waals surface area contributed by atoms with E-state index in [9.17, 15) is 9.59 Å². The number of benzene rings is 3. The molecule has 3 aromatic carbocycles. The van der Waals surface area contributed by atoms with Crippen molar-refractivity contribution < 1.29 is 4.79 Å². The molecule has 2 heterocycles. The van der Waals surface area contributed by atoms with E-state index in [-0.39, 0.29) is 17.1 Å². The Morgan fingerprint density at radius 2 is 1.48 bits per heavy atom. The van der Waals surface area contributed by atoms with Gasteiger partial charge in [0, 0.05) is 16.0 Å². The predicted molar refractivity (Wildman–Crippen MR) is 137 cm³/mol. The van der Waals surface area contributed by atoms with Crippen molar-refractivity contribution >= 4 is 39.1 Å².